The number of hydrogen-bond acceptors (Lipinski definition) is 6. The minimum Gasteiger partial charge on any atom is -0.394 e. The molecule has 0 unspecified atom stereocenters. The monoisotopic (exact) mass is 396 g/mol. The molecule has 0 aromatic heterocycles. The molecule has 28 heavy (non-hydrogen) atoms. The van der Waals surface area contributed by atoms with Crippen LogP contribution < -0.4 is 0 Å². The van der Waals surface area contributed by atoms with Crippen molar-refractivity contribution in [2.75, 3.05) is 13.2 Å². The van der Waals surface area contributed by atoms with Crippen molar-refractivity contribution >= 4 is 0 Å². The van der Waals surface area contributed by atoms with Gasteiger partial charge in [0.1, 0.15) is 24.4 Å². The fraction of sp³-hybridized carbons (Fsp3) is 0.727. The van der Waals surface area contributed by atoms with E-state index in [1.165, 1.54) is 24.0 Å². The third-order valence-electron chi connectivity index (χ3n) is 6.02. The summed E-state index contributed by atoms with van der Waals surface area (Å²) in [5.74, 6) is 0. The quantitative estimate of drug-likeness (QED) is 0.514. The fourth-order valence-electron chi connectivity index (χ4n) is 3.93. The van der Waals surface area contributed by atoms with Crippen LogP contribution in [0.1, 0.15) is 53.9 Å². The summed E-state index contributed by atoms with van der Waals surface area (Å²) in [6.07, 6.45) is 1.48. The molecule has 4 N–H and O–H groups in total. The third-order valence-corrected chi connectivity index (χ3v) is 6.02. The molecule has 0 saturated carbocycles. The van der Waals surface area contributed by atoms with Crippen molar-refractivity contribution in [3.63, 3.8) is 0 Å². The maximum atomic E-state index is 10.0. The lowest BCUT2D eigenvalue weighted by atomic mass is 9.72. The van der Waals surface area contributed by atoms with Crippen LogP contribution >= 0.6 is 0 Å². The standard InChI is InChI=1S/C22H36O6/c1-13(15(3)11-16-14(2)7-6-9-22(16,4)5)8-10-27-21-20(26)19(25)18(24)17(12-23)28-21/h8,11,17-21,23-26H,6-7,9-10,12H2,1-5H3/b13-8+,15-11+/t17-,18-,19+,20-,21+/m1/s1. The van der Waals surface area contributed by atoms with Gasteiger partial charge in [0.2, 0.25) is 0 Å². The normalized spacial score (nSPS) is 34.7. The second-order valence-corrected chi connectivity index (χ2v) is 8.68. The lowest BCUT2D eigenvalue weighted by molar-refractivity contribution is -0.298. The van der Waals surface area contributed by atoms with Gasteiger partial charge in [0.15, 0.2) is 6.29 Å². The predicted molar refractivity (Wildman–Crippen MR) is 108 cm³/mol. The maximum absolute atomic E-state index is 10.0. The fourth-order valence-corrected chi connectivity index (χ4v) is 3.93. The summed E-state index contributed by atoms with van der Waals surface area (Å²) in [6.45, 7) is 10.6. The van der Waals surface area contributed by atoms with E-state index < -0.39 is 37.3 Å². The molecule has 0 spiro atoms. The Morgan fingerprint density at radius 2 is 1.82 bits per heavy atom. The van der Waals surface area contributed by atoms with Crippen molar-refractivity contribution in [3.05, 3.63) is 34.4 Å². The Hall–Kier alpha value is -1.02. The molecule has 1 aliphatic heterocycles. The molecule has 160 valence electrons. The molecule has 0 aromatic rings. The van der Waals surface area contributed by atoms with Crippen molar-refractivity contribution in [3.8, 4) is 0 Å². The highest BCUT2D eigenvalue weighted by molar-refractivity contribution is 5.40. The third kappa shape index (κ3) is 5.32. The van der Waals surface area contributed by atoms with Gasteiger partial charge in [-0.2, -0.15) is 0 Å². The van der Waals surface area contributed by atoms with Gasteiger partial charge in [-0.25, -0.2) is 0 Å². The summed E-state index contributed by atoms with van der Waals surface area (Å²) >= 11 is 0. The Morgan fingerprint density at radius 1 is 1.14 bits per heavy atom. The SMILES string of the molecule is CC1=C(/C=C(C)/C(C)=C/CO[C@H]2O[C@H](CO)[C@@H](O)[C@H](O)[C@H]2O)C(C)(C)CCC1. The minimum atomic E-state index is -1.42. The first kappa shape index (κ1) is 23.3. The van der Waals surface area contributed by atoms with Crippen molar-refractivity contribution < 1.29 is 29.9 Å². The second-order valence-electron chi connectivity index (χ2n) is 8.68. The molecule has 1 heterocycles. The Balaban J connectivity index is 2.02. The van der Waals surface area contributed by atoms with E-state index >= 15 is 0 Å². The van der Waals surface area contributed by atoms with Crippen LogP contribution in [0.4, 0.5) is 0 Å². The van der Waals surface area contributed by atoms with E-state index in [-0.39, 0.29) is 12.0 Å². The van der Waals surface area contributed by atoms with Gasteiger partial charge >= 0.3 is 0 Å². The summed E-state index contributed by atoms with van der Waals surface area (Å²) in [5.41, 5.74) is 5.24. The van der Waals surface area contributed by atoms with Crippen molar-refractivity contribution in [2.24, 2.45) is 5.41 Å². The zero-order valence-corrected chi connectivity index (χ0v) is 17.7. The van der Waals surface area contributed by atoms with Crippen LogP contribution in [0.2, 0.25) is 0 Å². The molecule has 6 nitrogen and oxygen atoms in total. The van der Waals surface area contributed by atoms with Gasteiger partial charge in [0.25, 0.3) is 0 Å². The van der Waals surface area contributed by atoms with Crippen LogP contribution in [-0.2, 0) is 9.47 Å². The first-order valence-corrected chi connectivity index (χ1v) is 10.1. The molecule has 0 bridgehead atoms. The average molecular weight is 397 g/mol. The first-order chi connectivity index (χ1) is 13.1. The van der Waals surface area contributed by atoms with Crippen molar-refractivity contribution in [1.82, 2.24) is 0 Å². The topological polar surface area (TPSA) is 99.4 Å². The molecular formula is C22H36O6. The van der Waals surface area contributed by atoms with Crippen LogP contribution in [0.5, 0.6) is 0 Å². The number of aliphatic hydroxyl groups excluding tert-OH is 4. The number of allylic oxidation sites excluding steroid dienone is 5. The van der Waals surface area contributed by atoms with E-state index in [1.807, 2.05) is 13.0 Å². The lowest BCUT2D eigenvalue weighted by Crippen LogP contribution is -2.59. The maximum Gasteiger partial charge on any atom is 0.187 e. The van der Waals surface area contributed by atoms with E-state index in [2.05, 4.69) is 33.8 Å². The van der Waals surface area contributed by atoms with E-state index in [0.29, 0.717) is 0 Å². The van der Waals surface area contributed by atoms with Crippen LogP contribution in [-0.4, -0.2) is 64.3 Å². The molecular weight excluding hydrogens is 360 g/mol. The van der Waals surface area contributed by atoms with Gasteiger partial charge < -0.3 is 29.9 Å². The second kappa shape index (κ2) is 9.65. The molecule has 0 radical (unpaired) electrons. The number of rotatable bonds is 6. The van der Waals surface area contributed by atoms with E-state index in [9.17, 15) is 20.4 Å². The van der Waals surface area contributed by atoms with E-state index in [4.69, 9.17) is 9.47 Å². The van der Waals surface area contributed by atoms with Crippen molar-refractivity contribution in [1.29, 1.82) is 0 Å². The molecule has 0 aromatic carbocycles. The van der Waals surface area contributed by atoms with E-state index in [0.717, 1.165) is 17.6 Å². The minimum absolute atomic E-state index is 0.177. The van der Waals surface area contributed by atoms with E-state index in [1.54, 1.807) is 0 Å². The smallest absolute Gasteiger partial charge is 0.187 e. The van der Waals surface area contributed by atoms with Crippen LogP contribution in [0, 0.1) is 5.41 Å². The van der Waals surface area contributed by atoms with Crippen LogP contribution in [0.25, 0.3) is 0 Å². The summed E-state index contributed by atoms with van der Waals surface area (Å²) in [4.78, 5) is 0. The summed E-state index contributed by atoms with van der Waals surface area (Å²) in [6, 6.07) is 0. The van der Waals surface area contributed by atoms with Gasteiger partial charge in [-0.15, -0.1) is 0 Å². The summed E-state index contributed by atoms with van der Waals surface area (Å²) in [5, 5.41) is 38.9. The Labute approximate surface area is 168 Å². The molecule has 1 aliphatic carbocycles. The highest BCUT2D eigenvalue weighted by atomic mass is 16.7. The summed E-state index contributed by atoms with van der Waals surface area (Å²) in [7, 11) is 0. The molecule has 1 saturated heterocycles. The van der Waals surface area contributed by atoms with Gasteiger partial charge in [-0.1, -0.05) is 31.6 Å². The molecule has 6 heteroatoms. The lowest BCUT2D eigenvalue weighted by Gasteiger charge is -2.39. The molecule has 0 amide bonds. The first-order valence-electron chi connectivity index (χ1n) is 10.1. The number of hydrogen-bond donors (Lipinski definition) is 4. The number of ether oxygens (including phenoxy) is 2. The Bertz CT molecular complexity index is 631. The Kier molecular flexibility index (Phi) is 8.02. The zero-order valence-electron chi connectivity index (χ0n) is 17.7. The predicted octanol–water partition coefficient (Wildman–Crippen LogP) is 2.22. The molecule has 1 fully saturated rings. The van der Waals surface area contributed by atoms with Crippen LogP contribution in [0.15, 0.2) is 34.4 Å². The van der Waals surface area contributed by atoms with Gasteiger partial charge in [0, 0.05) is 0 Å². The van der Waals surface area contributed by atoms with Gasteiger partial charge in [-0.05, 0) is 62.2 Å². The van der Waals surface area contributed by atoms with Crippen molar-refractivity contribution in [2.45, 2.75) is 84.6 Å². The zero-order chi connectivity index (χ0) is 21.1. The van der Waals surface area contributed by atoms with Gasteiger partial charge in [-0.3, -0.25) is 0 Å². The largest absolute Gasteiger partial charge is 0.394 e. The van der Waals surface area contributed by atoms with Gasteiger partial charge in [0.05, 0.1) is 13.2 Å². The molecule has 2 aliphatic rings. The average Bonchev–Trinajstić information content (AvgIpc) is 2.64. The highest BCUT2D eigenvalue weighted by Gasteiger charge is 2.43. The highest BCUT2D eigenvalue weighted by Crippen LogP contribution is 2.41. The Morgan fingerprint density at radius 3 is 2.43 bits per heavy atom. The van der Waals surface area contributed by atoms with Crippen LogP contribution in [0.3, 0.4) is 0 Å². The summed E-state index contributed by atoms with van der Waals surface area (Å²) < 4.78 is 10.9. The number of aliphatic hydroxyl groups is 4. The molecule has 2 rings (SSSR count). The molecule has 5 atom stereocenters.